The number of hydrogen-bond acceptors (Lipinski definition) is 2. The van der Waals surface area contributed by atoms with Crippen LogP contribution in [0.15, 0.2) is 42.8 Å². The van der Waals surface area contributed by atoms with E-state index in [-0.39, 0.29) is 0 Å². The molecule has 1 rings (SSSR count). The largest absolute Gasteiger partial charge is 0.241 e. The molecule has 1 aromatic rings. The molecule has 0 aliphatic heterocycles. The number of aryl methyl sites for hydroxylation is 1. The zero-order valence-corrected chi connectivity index (χ0v) is 9.44. The molecule has 0 saturated heterocycles. The van der Waals surface area contributed by atoms with Crippen LogP contribution in [-0.4, -0.2) is 9.97 Å². The monoisotopic (exact) mass is 200 g/mol. The Kier molecular flexibility index (Phi) is 4.48. The molecule has 2 nitrogen and oxygen atoms in total. The first-order valence-corrected chi connectivity index (χ1v) is 5.02. The van der Waals surface area contributed by atoms with Crippen molar-refractivity contribution in [2.75, 3.05) is 0 Å². The average Bonchev–Trinajstić information content (AvgIpc) is 2.25. The Balaban J connectivity index is 3.04. The molecule has 0 aromatic carbocycles. The molecule has 0 aliphatic rings. The minimum atomic E-state index is 0.796. The number of hydrogen-bond donors (Lipinski definition) is 0. The molecular formula is C13H16N2. The smallest absolute Gasteiger partial charge is 0.125 e. The van der Waals surface area contributed by atoms with E-state index >= 15 is 0 Å². The second kappa shape index (κ2) is 5.91. The average molecular weight is 200 g/mol. The maximum Gasteiger partial charge on any atom is 0.125 e. The third-order valence-corrected chi connectivity index (χ3v) is 1.93. The van der Waals surface area contributed by atoms with Crippen molar-refractivity contribution in [3.8, 4) is 0 Å². The van der Waals surface area contributed by atoms with Gasteiger partial charge in [-0.05, 0) is 26.3 Å². The minimum Gasteiger partial charge on any atom is -0.241 e. The van der Waals surface area contributed by atoms with Crippen LogP contribution >= 0.6 is 0 Å². The molecule has 0 unspecified atom stereocenters. The molecule has 0 fully saturated rings. The van der Waals surface area contributed by atoms with E-state index in [4.69, 9.17) is 0 Å². The first-order valence-electron chi connectivity index (χ1n) is 5.02. The molecular weight excluding hydrogens is 184 g/mol. The summed E-state index contributed by atoms with van der Waals surface area (Å²) in [6, 6.07) is 0. The van der Waals surface area contributed by atoms with Gasteiger partial charge in [-0.1, -0.05) is 30.4 Å². The number of allylic oxidation sites excluding steroid dienone is 6. The third kappa shape index (κ3) is 3.50. The van der Waals surface area contributed by atoms with E-state index in [0.29, 0.717) is 0 Å². The Morgan fingerprint density at radius 2 is 1.80 bits per heavy atom. The third-order valence-electron chi connectivity index (χ3n) is 1.93. The van der Waals surface area contributed by atoms with E-state index in [1.165, 1.54) is 0 Å². The number of nitrogens with zero attached hydrogens (tertiary/aromatic N) is 2. The molecule has 15 heavy (non-hydrogen) atoms. The van der Waals surface area contributed by atoms with Gasteiger partial charge in [0.25, 0.3) is 0 Å². The van der Waals surface area contributed by atoms with Crippen LogP contribution in [0.1, 0.15) is 25.2 Å². The molecule has 0 amide bonds. The molecule has 78 valence electrons. The molecule has 2 heteroatoms. The Labute approximate surface area is 91.1 Å². The van der Waals surface area contributed by atoms with E-state index in [0.717, 1.165) is 17.0 Å². The molecule has 0 aliphatic carbocycles. The topological polar surface area (TPSA) is 25.8 Å². The van der Waals surface area contributed by atoms with Crippen molar-refractivity contribution in [3.63, 3.8) is 0 Å². The molecule has 0 bridgehead atoms. The van der Waals surface area contributed by atoms with E-state index < -0.39 is 0 Å². The number of aromatic nitrogens is 2. The Bertz CT molecular complexity index is 384. The lowest BCUT2D eigenvalue weighted by Crippen LogP contribution is -1.89. The Hall–Kier alpha value is -1.70. The predicted molar refractivity (Wildman–Crippen MR) is 64.4 cm³/mol. The highest BCUT2D eigenvalue weighted by Crippen LogP contribution is 2.14. The molecule has 0 atom stereocenters. The van der Waals surface area contributed by atoms with Gasteiger partial charge in [0.2, 0.25) is 0 Å². The summed E-state index contributed by atoms with van der Waals surface area (Å²) < 4.78 is 0. The van der Waals surface area contributed by atoms with Crippen molar-refractivity contribution in [1.82, 2.24) is 9.97 Å². The van der Waals surface area contributed by atoms with E-state index in [1.54, 1.807) is 0 Å². The van der Waals surface area contributed by atoms with Crippen molar-refractivity contribution in [2.45, 2.75) is 20.8 Å². The van der Waals surface area contributed by atoms with Crippen LogP contribution in [0.25, 0.3) is 5.57 Å². The van der Waals surface area contributed by atoms with Crippen LogP contribution < -0.4 is 0 Å². The lowest BCUT2D eigenvalue weighted by Gasteiger charge is -2.00. The molecule has 0 spiro atoms. The highest BCUT2D eigenvalue weighted by molar-refractivity contribution is 5.74. The van der Waals surface area contributed by atoms with Gasteiger partial charge in [-0.25, -0.2) is 9.97 Å². The standard InChI is InChI=1S/C13H16N2/c1-4-6-8-12(7-5-2)13-9-14-11(3)15-10-13/h4-10H,1-3H3/b6-4-,7-5-,12-8+. The van der Waals surface area contributed by atoms with Gasteiger partial charge < -0.3 is 0 Å². The summed E-state index contributed by atoms with van der Waals surface area (Å²) in [6.07, 6.45) is 13.8. The normalized spacial score (nSPS) is 12.9. The van der Waals surface area contributed by atoms with Gasteiger partial charge in [-0.2, -0.15) is 0 Å². The van der Waals surface area contributed by atoms with Crippen LogP contribution in [-0.2, 0) is 0 Å². The quantitative estimate of drug-likeness (QED) is 0.699. The first kappa shape index (κ1) is 11.4. The van der Waals surface area contributed by atoms with Crippen molar-refractivity contribution in [2.24, 2.45) is 0 Å². The van der Waals surface area contributed by atoms with Crippen LogP contribution in [0.4, 0.5) is 0 Å². The maximum absolute atomic E-state index is 4.18. The maximum atomic E-state index is 4.18. The Morgan fingerprint density at radius 1 is 1.13 bits per heavy atom. The van der Waals surface area contributed by atoms with Crippen molar-refractivity contribution in [3.05, 3.63) is 54.2 Å². The minimum absolute atomic E-state index is 0.796. The summed E-state index contributed by atoms with van der Waals surface area (Å²) >= 11 is 0. The molecule has 0 N–H and O–H groups in total. The second-order valence-corrected chi connectivity index (χ2v) is 3.17. The molecule has 0 saturated carbocycles. The van der Waals surface area contributed by atoms with Crippen molar-refractivity contribution < 1.29 is 0 Å². The summed E-state index contributed by atoms with van der Waals surface area (Å²) in [6.45, 7) is 5.88. The summed E-state index contributed by atoms with van der Waals surface area (Å²) in [5, 5.41) is 0. The van der Waals surface area contributed by atoms with E-state index in [2.05, 4.69) is 9.97 Å². The van der Waals surface area contributed by atoms with Gasteiger partial charge in [0.15, 0.2) is 0 Å². The molecule has 1 heterocycles. The highest BCUT2D eigenvalue weighted by Gasteiger charge is 1.97. The van der Waals surface area contributed by atoms with E-state index in [1.807, 2.05) is 63.5 Å². The zero-order valence-electron chi connectivity index (χ0n) is 9.44. The fourth-order valence-corrected chi connectivity index (χ4v) is 1.17. The van der Waals surface area contributed by atoms with Crippen LogP contribution in [0.2, 0.25) is 0 Å². The predicted octanol–water partition coefficient (Wildman–Crippen LogP) is 3.32. The first-order chi connectivity index (χ1) is 7.27. The summed E-state index contributed by atoms with van der Waals surface area (Å²) in [4.78, 5) is 8.36. The zero-order chi connectivity index (χ0) is 11.1. The fourth-order valence-electron chi connectivity index (χ4n) is 1.17. The van der Waals surface area contributed by atoms with Crippen molar-refractivity contribution in [1.29, 1.82) is 0 Å². The van der Waals surface area contributed by atoms with E-state index in [9.17, 15) is 0 Å². The summed E-state index contributed by atoms with van der Waals surface area (Å²) in [5.74, 6) is 0.796. The van der Waals surface area contributed by atoms with Crippen LogP contribution in [0, 0.1) is 6.92 Å². The second-order valence-electron chi connectivity index (χ2n) is 3.17. The van der Waals surface area contributed by atoms with Crippen LogP contribution in [0.3, 0.4) is 0 Å². The van der Waals surface area contributed by atoms with Crippen molar-refractivity contribution >= 4 is 5.57 Å². The SMILES string of the molecule is C\C=C/C=C(\C=C/C)c1cnc(C)nc1. The van der Waals surface area contributed by atoms with Gasteiger partial charge in [-0.15, -0.1) is 0 Å². The van der Waals surface area contributed by atoms with Gasteiger partial charge >= 0.3 is 0 Å². The van der Waals surface area contributed by atoms with Crippen LogP contribution in [0.5, 0.6) is 0 Å². The lowest BCUT2D eigenvalue weighted by molar-refractivity contribution is 1.05. The molecule has 0 radical (unpaired) electrons. The summed E-state index contributed by atoms with van der Waals surface area (Å²) in [5.41, 5.74) is 2.16. The van der Waals surface area contributed by atoms with Gasteiger partial charge in [0, 0.05) is 18.0 Å². The molecule has 1 aromatic heterocycles. The Morgan fingerprint density at radius 3 is 2.33 bits per heavy atom. The fraction of sp³-hybridized carbons (Fsp3) is 0.231. The number of rotatable bonds is 3. The summed E-state index contributed by atoms with van der Waals surface area (Å²) in [7, 11) is 0. The van der Waals surface area contributed by atoms with Gasteiger partial charge in [-0.3, -0.25) is 0 Å². The van der Waals surface area contributed by atoms with Gasteiger partial charge in [0.1, 0.15) is 5.82 Å². The lowest BCUT2D eigenvalue weighted by atomic mass is 10.1. The highest BCUT2D eigenvalue weighted by atomic mass is 14.8. The van der Waals surface area contributed by atoms with Gasteiger partial charge in [0.05, 0.1) is 0 Å².